The summed E-state index contributed by atoms with van der Waals surface area (Å²) in [6.07, 6.45) is -7.82. The molecule has 0 aromatic heterocycles. The van der Waals surface area contributed by atoms with Gasteiger partial charge in [0.05, 0.1) is 0 Å². The molecule has 0 rings (SSSR count). The highest BCUT2D eigenvalue weighted by Crippen LogP contribution is 2.39. The van der Waals surface area contributed by atoms with E-state index in [1.807, 2.05) is 0 Å². The van der Waals surface area contributed by atoms with Crippen molar-refractivity contribution >= 4 is 5.97 Å². The molecule has 0 aliphatic carbocycles. The summed E-state index contributed by atoms with van der Waals surface area (Å²) in [6.45, 7) is 3.31. The molecule has 0 bridgehead atoms. The molecule has 2 nitrogen and oxygen atoms in total. The molecule has 7 heteroatoms. The second kappa shape index (κ2) is 3.93. The van der Waals surface area contributed by atoms with Gasteiger partial charge in [-0.2, -0.15) is 22.0 Å². The van der Waals surface area contributed by atoms with Gasteiger partial charge in [-0.05, 0) is 6.92 Å². The third-order valence-corrected chi connectivity index (χ3v) is 1.35. The molecule has 82 valence electrons. The summed E-state index contributed by atoms with van der Waals surface area (Å²) in [5, 5.41) is 0. The Morgan fingerprint density at radius 2 is 1.79 bits per heavy atom. The minimum atomic E-state index is -5.74. The summed E-state index contributed by atoms with van der Waals surface area (Å²) in [4.78, 5) is 10.4. The summed E-state index contributed by atoms with van der Waals surface area (Å²) in [7, 11) is 0. The molecule has 0 heterocycles. The minimum Gasteiger partial charge on any atom is -0.453 e. The topological polar surface area (TPSA) is 26.3 Å². The van der Waals surface area contributed by atoms with Gasteiger partial charge >= 0.3 is 18.1 Å². The first-order valence-corrected chi connectivity index (χ1v) is 3.40. The van der Waals surface area contributed by atoms with Crippen molar-refractivity contribution in [2.24, 2.45) is 0 Å². The molecule has 0 amide bonds. The van der Waals surface area contributed by atoms with Crippen molar-refractivity contribution in [3.8, 4) is 0 Å². The van der Waals surface area contributed by atoms with Crippen LogP contribution in [0.1, 0.15) is 6.92 Å². The molecular weight excluding hydrogens is 211 g/mol. The maximum Gasteiger partial charge on any atom is 0.457 e. The van der Waals surface area contributed by atoms with Crippen LogP contribution in [0.5, 0.6) is 0 Å². The zero-order valence-electron chi connectivity index (χ0n) is 7.07. The van der Waals surface area contributed by atoms with Crippen LogP contribution < -0.4 is 0 Å². The van der Waals surface area contributed by atoms with Crippen LogP contribution in [0.3, 0.4) is 0 Å². The van der Waals surface area contributed by atoms with Crippen LogP contribution in [-0.4, -0.2) is 24.2 Å². The molecule has 1 atom stereocenters. The molecule has 0 aromatic carbocycles. The SMILES string of the molecule is C=CC(=O)OC(C)C(F)(F)C(F)(F)F. The fraction of sp³-hybridized carbons (Fsp3) is 0.571. The molecule has 0 saturated heterocycles. The van der Waals surface area contributed by atoms with Gasteiger partial charge in [-0.3, -0.25) is 0 Å². The van der Waals surface area contributed by atoms with Crippen molar-refractivity contribution in [2.45, 2.75) is 25.1 Å². The van der Waals surface area contributed by atoms with E-state index < -0.39 is 24.2 Å². The number of alkyl halides is 5. The van der Waals surface area contributed by atoms with Crippen LogP contribution in [0.25, 0.3) is 0 Å². The predicted molar refractivity (Wildman–Crippen MR) is 36.8 cm³/mol. The highest BCUT2D eigenvalue weighted by molar-refractivity contribution is 5.81. The predicted octanol–water partition coefficient (Wildman–Crippen LogP) is 2.30. The lowest BCUT2D eigenvalue weighted by Gasteiger charge is -2.24. The Hall–Kier alpha value is -1.14. The summed E-state index contributed by atoms with van der Waals surface area (Å²) < 4.78 is 63.5. The molecule has 0 aliphatic rings. The second-order valence-electron chi connectivity index (χ2n) is 2.40. The van der Waals surface area contributed by atoms with Gasteiger partial charge in [0, 0.05) is 6.08 Å². The van der Waals surface area contributed by atoms with Crippen LogP contribution >= 0.6 is 0 Å². The lowest BCUT2D eigenvalue weighted by atomic mass is 10.2. The number of esters is 1. The number of hydrogen-bond acceptors (Lipinski definition) is 2. The summed E-state index contributed by atoms with van der Waals surface area (Å²) in [5.74, 6) is -6.40. The van der Waals surface area contributed by atoms with Gasteiger partial charge in [-0.1, -0.05) is 6.58 Å². The monoisotopic (exact) mass is 218 g/mol. The van der Waals surface area contributed by atoms with Crippen molar-refractivity contribution in [3.05, 3.63) is 12.7 Å². The largest absolute Gasteiger partial charge is 0.457 e. The van der Waals surface area contributed by atoms with E-state index in [4.69, 9.17) is 0 Å². The van der Waals surface area contributed by atoms with Crippen molar-refractivity contribution in [1.82, 2.24) is 0 Å². The molecule has 14 heavy (non-hydrogen) atoms. The Morgan fingerprint density at radius 3 is 2.07 bits per heavy atom. The van der Waals surface area contributed by atoms with Gasteiger partial charge in [0.1, 0.15) is 0 Å². The molecule has 0 fully saturated rings. The minimum absolute atomic E-state index is 0.453. The number of ether oxygens (including phenoxy) is 1. The Morgan fingerprint density at radius 1 is 1.36 bits per heavy atom. The Kier molecular flexibility index (Phi) is 3.61. The first-order valence-electron chi connectivity index (χ1n) is 3.40. The zero-order chi connectivity index (χ0) is 11.6. The number of hydrogen-bond donors (Lipinski definition) is 0. The van der Waals surface area contributed by atoms with Crippen LogP contribution in [0.2, 0.25) is 0 Å². The first kappa shape index (κ1) is 12.9. The fourth-order valence-corrected chi connectivity index (χ4v) is 0.527. The smallest absolute Gasteiger partial charge is 0.453 e. The van der Waals surface area contributed by atoms with E-state index in [1.54, 1.807) is 0 Å². The summed E-state index contributed by atoms with van der Waals surface area (Å²) in [6, 6.07) is 0. The van der Waals surface area contributed by atoms with E-state index in [2.05, 4.69) is 11.3 Å². The highest BCUT2D eigenvalue weighted by Gasteiger charge is 2.62. The maximum absolute atomic E-state index is 12.4. The molecule has 0 spiro atoms. The molecule has 0 radical (unpaired) electrons. The highest BCUT2D eigenvalue weighted by atomic mass is 19.4. The molecule has 0 aromatic rings. The van der Waals surface area contributed by atoms with Crippen LogP contribution in [0.15, 0.2) is 12.7 Å². The Balaban J connectivity index is 4.59. The molecular formula is C7H7F5O2. The maximum atomic E-state index is 12.4. The number of rotatable bonds is 3. The average molecular weight is 218 g/mol. The normalized spacial score (nSPS) is 14.7. The van der Waals surface area contributed by atoms with E-state index in [-0.39, 0.29) is 0 Å². The van der Waals surface area contributed by atoms with Gasteiger partial charge in [-0.15, -0.1) is 0 Å². The Bertz CT molecular complexity index is 233. The van der Waals surface area contributed by atoms with E-state index >= 15 is 0 Å². The third kappa shape index (κ3) is 2.68. The average Bonchev–Trinajstić information content (AvgIpc) is 2.01. The van der Waals surface area contributed by atoms with E-state index in [0.717, 1.165) is 0 Å². The number of carbonyl (C=O) groups excluding carboxylic acids is 1. The first-order chi connectivity index (χ1) is 6.13. The van der Waals surface area contributed by atoms with Crippen molar-refractivity contribution < 1.29 is 31.5 Å². The summed E-state index contributed by atoms with van der Waals surface area (Å²) in [5.41, 5.74) is 0. The summed E-state index contributed by atoms with van der Waals surface area (Å²) >= 11 is 0. The second-order valence-corrected chi connectivity index (χ2v) is 2.40. The van der Waals surface area contributed by atoms with Gasteiger partial charge in [0.2, 0.25) is 0 Å². The van der Waals surface area contributed by atoms with Crippen molar-refractivity contribution in [3.63, 3.8) is 0 Å². The van der Waals surface area contributed by atoms with E-state index in [0.29, 0.717) is 13.0 Å². The lowest BCUT2D eigenvalue weighted by Crippen LogP contribution is -2.47. The van der Waals surface area contributed by atoms with Crippen molar-refractivity contribution in [2.75, 3.05) is 0 Å². The van der Waals surface area contributed by atoms with Crippen LogP contribution in [0, 0.1) is 0 Å². The van der Waals surface area contributed by atoms with Crippen LogP contribution in [0.4, 0.5) is 22.0 Å². The molecule has 0 N–H and O–H groups in total. The third-order valence-electron chi connectivity index (χ3n) is 1.35. The quantitative estimate of drug-likeness (QED) is 0.412. The van der Waals surface area contributed by atoms with E-state index in [9.17, 15) is 26.7 Å². The molecule has 0 aliphatic heterocycles. The molecule has 0 saturated carbocycles. The lowest BCUT2D eigenvalue weighted by molar-refractivity contribution is -0.311. The van der Waals surface area contributed by atoms with Gasteiger partial charge in [0.25, 0.3) is 0 Å². The van der Waals surface area contributed by atoms with Gasteiger partial charge in [0.15, 0.2) is 6.10 Å². The fourth-order valence-electron chi connectivity index (χ4n) is 0.527. The Labute approximate surface area is 76.3 Å². The zero-order valence-corrected chi connectivity index (χ0v) is 7.07. The number of carbonyl (C=O) groups is 1. The number of halogens is 5. The standard InChI is InChI=1S/C7H7F5O2/c1-3-5(13)14-4(2)6(8,9)7(10,11)12/h3-4H,1H2,2H3. The van der Waals surface area contributed by atoms with Gasteiger partial charge < -0.3 is 4.74 Å². The molecule has 1 unspecified atom stereocenters. The van der Waals surface area contributed by atoms with Crippen LogP contribution in [-0.2, 0) is 9.53 Å². The van der Waals surface area contributed by atoms with E-state index in [1.165, 1.54) is 0 Å². The van der Waals surface area contributed by atoms with Crippen molar-refractivity contribution in [1.29, 1.82) is 0 Å². The van der Waals surface area contributed by atoms with Gasteiger partial charge in [-0.25, -0.2) is 4.79 Å².